The van der Waals surface area contributed by atoms with E-state index in [0.717, 1.165) is 30.4 Å². The van der Waals surface area contributed by atoms with Crippen molar-refractivity contribution in [1.82, 2.24) is 0 Å². The SMILES string of the molecule is O=C1Cc2ccc([N+](=O)[O-])cc2C12CCC2. The van der Waals surface area contributed by atoms with E-state index >= 15 is 0 Å². The van der Waals surface area contributed by atoms with Gasteiger partial charge in [0.05, 0.1) is 10.3 Å². The van der Waals surface area contributed by atoms with Crippen LogP contribution in [0, 0.1) is 10.1 Å². The van der Waals surface area contributed by atoms with Crippen molar-refractivity contribution < 1.29 is 9.72 Å². The van der Waals surface area contributed by atoms with Gasteiger partial charge in [0.2, 0.25) is 0 Å². The number of carbonyl (C=O) groups excluding carboxylic acids is 1. The Morgan fingerprint density at radius 2 is 2.06 bits per heavy atom. The van der Waals surface area contributed by atoms with Gasteiger partial charge in [-0.25, -0.2) is 0 Å². The molecule has 3 rings (SSSR count). The van der Waals surface area contributed by atoms with Crippen molar-refractivity contribution in [2.45, 2.75) is 31.1 Å². The number of benzene rings is 1. The van der Waals surface area contributed by atoms with Crippen LogP contribution in [0.2, 0.25) is 0 Å². The minimum absolute atomic E-state index is 0.0970. The van der Waals surface area contributed by atoms with Crippen LogP contribution in [0.5, 0.6) is 0 Å². The smallest absolute Gasteiger partial charge is 0.269 e. The predicted molar refractivity (Wildman–Crippen MR) is 57.3 cm³/mol. The average molecular weight is 217 g/mol. The van der Waals surface area contributed by atoms with Gasteiger partial charge in [-0.05, 0) is 24.0 Å². The van der Waals surface area contributed by atoms with Gasteiger partial charge in [-0.2, -0.15) is 0 Å². The standard InChI is InChI=1S/C12H11NO3/c14-11-6-8-2-3-9(13(15)16)7-10(8)12(11)4-1-5-12/h2-3,7H,1,4-6H2. The maximum atomic E-state index is 11.9. The number of Topliss-reactive ketones (excluding diaryl/α,β-unsaturated/α-hetero) is 1. The van der Waals surface area contributed by atoms with E-state index in [4.69, 9.17) is 0 Å². The molecule has 4 nitrogen and oxygen atoms in total. The van der Waals surface area contributed by atoms with Gasteiger partial charge in [0.1, 0.15) is 5.78 Å². The Labute approximate surface area is 92.4 Å². The second kappa shape index (κ2) is 2.90. The molecule has 0 atom stereocenters. The van der Waals surface area contributed by atoms with Crippen LogP contribution < -0.4 is 0 Å². The molecule has 0 saturated heterocycles. The summed E-state index contributed by atoms with van der Waals surface area (Å²) in [6, 6.07) is 4.82. The molecule has 4 heteroatoms. The third-order valence-electron chi connectivity index (χ3n) is 3.91. The quantitative estimate of drug-likeness (QED) is 0.534. The molecule has 0 radical (unpaired) electrons. The van der Waals surface area contributed by atoms with Crippen molar-refractivity contribution in [1.29, 1.82) is 0 Å². The second-order valence-corrected chi connectivity index (χ2v) is 4.63. The Bertz CT molecular complexity index is 503. The van der Waals surface area contributed by atoms with E-state index in [1.165, 1.54) is 6.07 Å². The molecule has 0 bridgehead atoms. The molecule has 0 amide bonds. The van der Waals surface area contributed by atoms with Crippen LogP contribution in [0.15, 0.2) is 18.2 Å². The highest BCUT2D eigenvalue weighted by molar-refractivity contribution is 5.97. The lowest BCUT2D eigenvalue weighted by Gasteiger charge is -2.37. The molecule has 2 aliphatic carbocycles. The number of hydrogen-bond donors (Lipinski definition) is 0. The number of carbonyl (C=O) groups is 1. The van der Waals surface area contributed by atoms with Crippen LogP contribution in [0.3, 0.4) is 0 Å². The third-order valence-corrected chi connectivity index (χ3v) is 3.91. The zero-order valence-corrected chi connectivity index (χ0v) is 8.73. The summed E-state index contributed by atoms with van der Waals surface area (Å²) in [5.41, 5.74) is 1.63. The van der Waals surface area contributed by atoms with Crippen LogP contribution in [-0.4, -0.2) is 10.7 Å². The van der Waals surface area contributed by atoms with Gasteiger partial charge in [0.25, 0.3) is 5.69 Å². The van der Waals surface area contributed by atoms with Gasteiger partial charge in [0.15, 0.2) is 0 Å². The Morgan fingerprint density at radius 1 is 1.31 bits per heavy atom. The van der Waals surface area contributed by atoms with Gasteiger partial charge in [-0.1, -0.05) is 12.5 Å². The third kappa shape index (κ3) is 1.01. The molecular weight excluding hydrogens is 206 g/mol. The molecule has 1 fully saturated rings. The zero-order chi connectivity index (χ0) is 11.3. The molecule has 1 aromatic rings. The fourth-order valence-corrected chi connectivity index (χ4v) is 2.85. The van der Waals surface area contributed by atoms with Crippen LogP contribution in [0.25, 0.3) is 0 Å². The number of rotatable bonds is 1. The molecule has 2 aliphatic rings. The van der Waals surface area contributed by atoms with Gasteiger partial charge < -0.3 is 0 Å². The first-order valence-corrected chi connectivity index (χ1v) is 5.45. The van der Waals surface area contributed by atoms with Crippen molar-refractivity contribution in [3.8, 4) is 0 Å². The minimum atomic E-state index is -0.393. The maximum absolute atomic E-state index is 11.9. The highest BCUT2D eigenvalue weighted by Crippen LogP contribution is 2.50. The number of fused-ring (bicyclic) bond motifs is 2. The normalized spacial score (nSPS) is 20.6. The summed E-state index contributed by atoms with van der Waals surface area (Å²) >= 11 is 0. The number of nitro groups is 1. The lowest BCUT2D eigenvalue weighted by molar-refractivity contribution is -0.385. The summed E-state index contributed by atoms with van der Waals surface area (Å²) in [4.78, 5) is 22.3. The Kier molecular flexibility index (Phi) is 1.73. The average Bonchev–Trinajstić information content (AvgIpc) is 2.47. The van der Waals surface area contributed by atoms with E-state index in [0.29, 0.717) is 6.42 Å². The topological polar surface area (TPSA) is 60.2 Å². The molecule has 0 unspecified atom stereocenters. The highest BCUT2D eigenvalue weighted by atomic mass is 16.6. The van der Waals surface area contributed by atoms with Crippen LogP contribution >= 0.6 is 0 Å². The highest BCUT2D eigenvalue weighted by Gasteiger charge is 2.50. The molecule has 0 aromatic heterocycles. The Morgan fingerprint density at radius 3 is 2.62 bits per heavy atom. The first kappa shape index (κ1) is 9.51. The van der Waals surface area contributed by atoms with E-state index < -0.39 is 4.92 Å². The van der Waals surface area contributed by atoms with Gasteiger partial charge in [-0.15, -0.1) is 0 Å². The minimum Gasteiger partial charge on any atom is -0.298 e. The summed E-state index contributed by atoms with van der Waals surface area (Å²) in [6.07, 6.45) is 3.22. The predicted octanol–water partition coefficient (Wildman–Crippen LogP) is 2.14. The molecule has 1 spiro atoms. The van der Waals surface area contributed by atoms with Crippen LogP contribution in [0.1, 0.15) is 30.4 Å². The fourth-order valence-electron chi connectivity index (χ4n) is 2.85. The maximum Gasteiger partial charge on any atom is 0.269 e. The first-order valence-electron chi connectivity index (χ1n) is 5.45. The van der Waals surface area contributed by atoms with E-state index in [1.54, 1.807) is 12.1 Å². The van der Waals surface area contributed by atoms with Crippen molar-refractivity contribution in [2.24, 2.45) is 0 Å². The summed E-state index contributed by atoms with van der Waals surface area (Å²) in [7, 11) is 0. The Hall–Kier alpha value is -1.71. The lowest BCUT2D eigenvalue weighted by atomic mass is 9.64. The molecule has 16 heavy (non-hydrogen) atoms. The number of non-ortho nitro benzene ring substituents is 1. The Balaban J connectivity index is 2.15. The fraction of sp³-hybridized carbons (Fsp3) is 0.417. The first-order chi connectivity index (χ1) is 7.63. The lowest BCUT2D eigenvalue weighted by Crippen LogP contribution is -2.39. The monoisotopic (exact) mass is 217 g/mol. The van der Waals surface area contributed by atoms with Crippen molar-refractivity contribution in [3.05, 3.63) is 39.4 Å². The number of hydrogen-bond acceptors (Lipinski definition) is 3. The largest absolute Gasteiger partial charge is 0.298 e. The van der Waals surface area contributed by atoms with Crippen LogP contribution in [-0.2, 0) is 16.6 Å². The zero-order valence-electron chi connectivity index (χ0n) is 8.73. The number of nitrogens with zero attached hydrogens (tertiary/aromatic N) is 1. The molecule has 82 valence electrons. The van der Waals surface area contributed by atoms with Gasteiger partial charge >= 0.3 is 0 Å². The number of nitro benzene ring substituents is 1. The van der Waals surface area contributed by atoms with Crippen molar-refractivity contribution >= 4 is 11.5 Å². The van der Waals surface area contributed by atoms with E-state index in [1.807, 2.05) is 0 Å². The van der Waals surface area contributed by atoms with E-state index in [-0.39, 0.29) is 16.9 Å². The molecule has 0 heterocycles. The van der Waals surface area contributed by atoms with Crippen molar-refractivity contribution in [3.63, 3.8) is 0 Å². The summed E-state index contributed by atoms with van der Waals surface area (Å²) in [5.74, 6) is 0.245. The number of ketones is 1. The van der Waals surface area contributed by atoms with E-state index in [9.17, 15) is 14.9 Å². The summed E-state index contributed by atoms with van der Waals surface area (Å²) in [6.45, 7) is 0. The molecule has 0 N–H and O–H groups in total. The molecule has 1 saturated carbocycles. The molecular formula is C12H11NO3. The second-order valence-electron chi connectivity index (χ2n) is 4.63. The summed E-state index contributed by atoms with van der Waals surface area (Å²) < 4.78 is 0. The molecule has 0 aliphatic heterocycles. The van der Waals surface area contributed by atoms with Gasteiger partial charge in [-0.3, -0.25) is 14.9 Å². The summed E-state index contributed by atoms with van der Waals surface area (Å²) in [5, 5.41) is 10.7. The van der Waals surface area contributed by atoms with E-state index in [2.05, 4.69) is 0 Å². The van der Waals surface area contributed by atoms with Crippen LogP contribution in [0.4, 0.5) is 5.69 Å². The van der Waals surface area contributed by atoms with Gasteiger partial charge in [0, 0.05) is 18.6 Å². The van der Waals surface area contributed by atoms with Crippen molar-refractivity contribution in [2.75, 3.05) is 0 Å². The molecule has 1 aromatic carbocycles.